The second-order valence-electron chi connectivity index (χ2n) is 8.26. The lowest BCUT2D eigenvalue weighted by atomic mass is 10.1. The van der Waals surface area contributed by atoms with Crippen molar-refractivity contribution in [3.8, 4) is 0 Å². The molecule has 0 saturated carbocycles. The average Bonchev–Trinajstić information content (AvgIpc) is 3.37. The predicted octanol–water partition coefficient (Wildman–Crippen LogP) is 2.38. The minimum atomic E-state index is 0.236. The molecule has 1 aliphatic rings. The van der Waals surface area contributed by atoms with Gasteiger partial charge < -0.3 is 15.4 Å². The van der Waals surface area contributed by atoms with Gasteiger partial charge in [-0.1, -0.05) is 12.1 Å². The Kier molecular flexibility index (Phi) is 5.03. The summed E-state index contributed by atoms with van der Waals surface area (Å²) in [7, 11) is 0. The maximum Gasteiger partial charge on any atom is 0.203 e. The second kappa shape index (κ2) is 7.99. The second-order valence-corrected chi connectivity index (χ2v) is 8.26. The number of hydrogen-bond donors (Lipinski definition) is 2. The predicted molar refractivity (Wildman–Crippen MR) is 119 cm³/mol. The fraction of sp³-hybridized carbons (Fsp3) is 0.364. The molecule has 0 amide bonds. The highest BCUT2D eigenvalue weighted by Crippen LogP contribution is 2.22. The van der Waals surface area contributed by atoms with Crippen LogP contribution in [0.5, 0.6) is 0 Å². The monoisotopic (exact) mass is 418 g/mol. The number of nitrogens with two attached hydrogens (primary N) is 1. The molecule has 0 unspecified atom stereocenters. The molecule has 4 heterocycles. The third-order valence-electron chi connectivity index (χ3n) is 5.51. The van der Waals surface area contributed by atoms with E-state index in [1.165, 1.54) is 11.3 Å². The number of H-pyrrole nitrogens is 1. The number of ether oxygens (including phenoxy) is 1. The number of nitrogen functional groups attached to an aromatic ring is 1. The largest absolute Gasteiger partial charge is 0.384 e. The molecule has 4 aromatic rings. The molecule has 3 aromatic heterocycles. The quantitative estimate of drug-likeness (QED) is 0.512. The van der Waals surface area contributed by atoms with E-state index in [2.05, 4.69) is 74.7 Å². The summed E-state index contributed by atoms with van der Waals surface area (Å²) in [5.74, 6) is 0.437. The van der Waals surface area contributed by atoms with Gasteiger partial charge in [-0.05, 0) is 48.7 Å². The first kappa shape index (κ1) is 19.5. The first-order valence-electron chi connectivity index (χ1n) is 10.5. The van der Waals surface area contributed by atoms with Gasteiger partial charge in [-0.25, -0.2) is 4.98 Å². The van der Waals surface area contributed by atoms with E-state index in [0.717, 1.165) is 29.7 Å². The van der Waals surface area contributed by atoms with Crippen molar-refractivity contribution in [3.63, 3.8) is 0 Å². The molecule has 160 valence electrons. The summed E-state index contributed by atoms with van der Waals surface area (Å²) in [6, 6.07) is 10.5. The molecule has 9 heteroatoms. The molecular weight excluding hydrogens is 392 g/mol. The normalized spacial score (nSPS) is 19.2. The summed E-state index contributed by atoms with van der Waals surface area (Å²) in [6.07, 6.45) is 5.09. The highest BCUT2D eigenvalue weighted by molar-refractivity contribution is 5.76. The fourth-order valence-electron chi connectivity index (χ4n) is 4.29. The van der Waals surface area contributed by atoms with Crippen molar-refractivity contribution >= 4 is 22.7 Å². The molecule has 1 saturated heterocycles. The number of rotatable bonds is 5. The summed E-state index contributed by atoms with van der Waals surface area (Å²) in [6.45, 7) is 6.78. The molecule has 1 fully saturated rings. The van der Waals surface area contributed by atoms with Crippen LogP contribution in [0.4, 0.5) is 11.5 Å². The fourth-order valence-corrected chi connectivity index (χ4v) is 4.29. The number of aromatic nitrogens is 6. The summed E-state index contributed by atoms with van der Waals surface area (Å²) < 4.78 is 7.83. The zero-order valence-electron chi connectivity index (χ0n) is 17.7. The number of anilines is 2. The average molecular weight is 419 g/mol. The standard InChI is InChI=1S/C22H26N8O/c1-14-10-29(11-15(2)31-14)19-5-3-4-16(7-19)12-30-13-17(9-24-30)6-18-8-20(23)25-22-21(18)26-28-27-22/h3-5,7-9,13-15H,6,10-12H2,1-2H3,(H3,23,25,26,27,28)/t14-,15+. The maximum atomic E-state index is 5.91. The first-order valence-corrected chi connectivity index (χ1v) is 10.5. The number of pyridine rings is 1. The topological polar surface area (TPSA) is 111 Å². The Labute approximate surface area is 180 Å². The van der Waals surface area contributed by atoms with Crippen LogP contribution in [0.2, 0.25) is 0 Å². The van der Waals surface area contributed by atoms with Crippen LogP contribution in [0.3, 0.4) is 0 Å². The molecule has 31 heavy (non-hydrogen) atoms. The molecule has 0 radical (unpaired) electrons. The van der Waals surface area contributed by atoms with E-state index >= 15 is 0 Å². The van der Waals surface area contributed by atoms with E-state index in [-0.39, 0.29) is 12.2 Å². The van der Waals surface area contributed by atoms with Gasteiger partial charge >= 0.3 is 0 Å². The SMILES string of the molecule is C[C@@H]1CN(c2cccc(Cn3cc(Cc4cc(N)nc5n[nH]nc45)cn3)c2)C[C@H](C)O1. The zero-order valence-corrected chi connectivity index (χ0v) is 17.7. The minimum absolute atomic E-state index is 0.236. The Morgan fingerprint density at radius 1 is 1.13 bits per heavy atom. The molecule has 5 rings (SSSR count). The third kappa shape index (κ3) is 4.22. The molecular formula is C22H26N8O. The summed E-state index contributed by atoms with van der Waals surface area (Å²) >= 11 is 0. The summed E-state index contributed by atoms with van der Waals surface area (Å²) in [4.78, 5) is 6.59. The van der Waals surface area contributed by atoms with E-state index in [4.69, 9.17) is 10.5 Å². The smallest absolute Gasteiger partial charge is 0.203 e. The van der Waals surface area contributed by atoms with Gasteiger partial charge in [0.05, 0.1) is 24.9 Å². The van der Waals surface area contributed by atoms with Crippen LogP contribution in [0.15, 0.2) is 42.7 Å². The Balaban J connectivity index is 1.31. The van der Waals surface area contributed by atoms with Crippen LogP contribution in [-0.2, 0) is 17.7 Å². The number of morpholine rings is 1. The van der Waals surface area contributed by atoms with E-state index < -0.39 is 0 Å². The van der Waals surface area contributed by atoms with Crippen molar-refractivity contribution in [2.45, 2.75) is 39.0 Å². The molecule has 0 aliphatic carbocycles. The third-order valence-corrected chi connectivity index (χ3v) is 5.51. The van der Waals surface area contributed by atoms with E-state index in [1.54, 1.807) is 0 Å². The number of benzene rings is 1. The summed E-state index contributed by atoms with van der Waals surface area (Å²) in [5, 5.41) is 15.4. The summed E-state index contributed by atoms with van der Waals surface area (Å²) in [5.41, 5.74) is 11.7. The number of nitrogens with zero attached hydrogens (tertiary/aromatic N) is 6. The van der Waals surface area contributed by atoms with Crippen molar-refractivity contribution in [2.75, 3.05) is 23.7 Å². The Morgan fingerprint density at radius 2 is 1.97 bits per heavy atom. The lowest BCUT2D eigenvalue weighted by Crippen LogP contribution is -2.45. The zero-order chi connectivity index (χ0) is 21.4. The highest BCUT2D eigenvalue weighted by Gasteiger charge is 2.22. The lowest BCUT2D eigenvalue weighted by Gasteiger charge is -2.37. The van der Waals surface area contributed by atoms with Gasteiger partial charge in [-0.2, -0.15) is 15.4 Å². The van der Waals surface area contributed by atoms with Crippen molar-refractivity contribution in [1.82, 2.24) is 30.2 Å². The Bertz CT molecular complexity index is 1190. The Morgan fingerprint density at radius 3 is 2.81 bits per heavy atom. The molecule has 0 bridgehead atoms. The molecule has 0 spiro atoms. The van der Waals surface area contributed by atoms with Crippen molar-refractivity contribution in [2.24, 2.45) is 0 Å². The molecule has 2 atom stereocenters. The van der Waals surface area contributed by atoms with Gasteiger partial charge in [0.25, 0.3) is 0 Å². The van der Waals surface area contributed by atoms with Crippen LogP contribution < -0.4 is 10.6 Å². The van der Waals surface area contributed by atoms with Gasteiger partial charge in [-0.3, -0.25) is 4.68 Å². The number of aromatic amines is 1. The minimum Gasteiger partial charge on any atom is -0.384 e. The molecule has 3 N–H and O–H groups in total. The Hall–Kier alpha value is -3.46. The van der Waals surface area contributed by atoms with Crippen LogP contribution in [-0.4, -0.2) is 55.5 Å². The van der Waals surface area contributed by atoms with Crippen LogP contribution in [0.25, 0.3) is 11.2 Å². The van der Waals surface area contributed by atoms with Crippen LogP contribution in [0.1, 0.15) is 30.5 Å². The van der Waals surface area contributed by atoms with Crippen molar-refractivity contribution in [3.05, 3.63) is 59.4 Å². The molecule has 1 aromatic carbocycles. The van der Waals surface area contributed by atoms with E-state index in [0.29, 0.717) is 24.4 Å². The van der Waals surface area contributed by atoms with Crippen molar-refractivity contribution < 1.29 is 4.74 Å². The first-order chi connectivity index (χ1) is 15.0. The lowest BCUT2D eigenvalue weighted by molar-refractivity contribution is -0.00522. The van der Waals surface area contributed by atoms with Crippen molar-refractivity contribution in [1.29, 1.82) is 0 Å². The van der Waals surface area contributed by atoms with E-state index in [9.17, 15) is 0 Å². The molecule has 1 aliphatic heterocycles. The highest BCUT2D eigenvalue weighted by atomic mass is 16.5. The van der Waals surface area contributed by atoms with Crippen LogP contribution >= 0.6 is 0 Å². The maximum absolute atomic E-state index is 5.91. The van der Waals surface area contributed by atoms with Gasteiger partial charge in [-0.15, -0.1) is 5.10 Å². The van der Waals surface area contributed by atoms with Gasteiger partial charge in [0.2, 0.25) is 5.65 Å². The van der Waals surface area contributed by atoms with Gasteiger partial charge in [0.1, 0.15) is 11.3 Å². The van der Waals surface area contributed by atoms with Gasteiger partial charge in [0.15, 0.2) is 0 Å². The number of fused-ring (bicyclic) bond motifs is 1. The van der Waals surface area contributed by atoms with Crippen LogP contribution in [0, 0.1) is 0 Å². The number of nitrogens with one attached hydrogen (secondary N) is 1. The van der Waals surface area contributed by atoms with Gasteiger partial charge in [0, 0.05) is 31.4 Å². The number of hydrogen-bond acceptors (Lipinski definition) is 7. The molecule has 9 nitrogen and oxygen atoms in total. The van der Waals surface area contributed by atoms with E-state index in [1.807, 2.05) is 16.9 Å².